The van der Waals surface area contributed by atoms with Crippen molar-refractivity contribution in [3.63, 3.8) is 0 Å². The van der Waals surface area contributed by atoms with Crippen LogP contribution in [0.2, 0.25) is 0 Å². The molecule has 3 N–H and O–H groups in total. The minimum atomic E-state index is -0.167. The molecule has 26 heavy (non-hydrogen) atoms. The lowest BCUT2D eigenvalue weighted by molar-refractivity contribution is -0.115. The fraction of sp³-hybridized carbons (Fsp3) is 0.389. The van der Waals surface area contributed by atoms with Crippen molar-refractivity contribution < 1.29 is 4.79 Å². The normalized spacial score (nSPS) is 18.8. The molecule has 2 aromatic heterocycles. The van der Waals surface area contributed by atoms with Gasteiger partial charge in [0.2, 0.25) is 5.96 Å². The van der Waals surface area contributed by atoms with Gasteiger partial charge in [-0.1, -0.05) is 19.3 Å². The van der Waals surface area contributed by atoms with Gasteiger partial charge < -0.3 is 10.3 Å². The smallest absolute Gasteiger partial charge is 0.276 e. The molecule has 1 amide bonds. The summed E-state index contributed by atoms with van der Waals surface area (Å²) < 4.78 is 0. The molecule has 6 nitrogen and oxygen atoms in total. The van der Waals surface area contributed by atoms with Crippen LogP contribution in [0.4, 0.5) is 0 Å². The SMILES string of the molecule is Cl.Cl.O=C1NC(NCC2CCCCC2)=N/C1=C\c1c[nH]c2ncccc12. The van der Waals surface area contributed by atoms with Crippen LogP contribution in [0.1, 0.15) is 37.7 Å². The average molecular weight is 396 g/mol. The Morgan fingerprint density at radius 1 is 1.23 bits per heavy atom. The molecule has 1 saturated carbocycles. The number of nitrogens with zero attached hydrogens (tertiary/aromatic N) is 2. The van der Waals surface area contributed by atoms with E-state index in [-0.39, 0.29) is 30.7 Å². The second kappa shape index (κ2) is 9.05. The Hall–Kier alpha value is -2.05. The zero-order valence-electron chi connectivity index (χ0n) is 14.3. The highest BCUT2D eigenvalue weighted by Crippen LogP contribution is 2.23. The van der Waals surface area contributed by atoms with Gasteiger partial charge in [0.1, 0.15) is 11.3 Å². The highest BCUT2D eigenvalue weighted by molar-refractivity contribution is 6.14. The van der Waals surface area contributed by atoms with Gasteiger partial charge in [-0.25, -0.2) is 9.98 Å². The fourth-order valence-corrected chi connectivity index (χ4v) is 3.43. The first-order valence-corrected chi connectivity index (χ1v) is 8.57. The van der Waals surface area contributed by atoms with E-state index in [0.29, 0.717) is 17.6 Å². The molecule has 140 valence electrons. The van der Waals surface area contributed by atoms with E-state index >= 15 is 0 Å². The third kappa shape index (κ3) is 4.37. The molecule has 0 radical (unpaired) electrons. The van der Waals surface area contributed by atoms with Crippen molar-refractivity contribution in [1.29, 1.82) is 0 Å². The molecule has 1 aliphatic carbocycles. The molecule has 1 aliphatic heterocycles. The van der Waals surface area contributed by atoms with Crippen LogP contribution in [0, 0.1) is 5.92 Å². The third-order valence-electron chi connectivity index (χ3n) is 4.76. The van der Waals surface area contributed by atoms with E-state index in [4.69, 9.17) is 0 Å². The number of guanidine groups is 1. The van der Waals surface area contributed by atoms with Gasteiger partial charge in [0, 0.05) is 29.9 Å². The number of H-pyrrole nitrogens is 1. The minimum Gasteiger partial charge on any atom is -0.355 e. The Bertz CT molecular complexity index is 824. The molecule has 2 aliphatic rings. The lowest BCUT2D eigenvalue weighted by Gasteiger charge is -2.21. The number of carbonyl (C=O) groups is 1. The van der Waals surface area contributed by atoms with Crippen LogP contribution in [0.15, 0.2) is 35.2 Å². The number of aromatic amines is 1. The molecule has 0 unspecified atom stereocenters. The minimum absolute atomic E-state index is 0. The lowest BCUT2D eigenvalue weighted by atomic mass is 9.89. The summed E-state index contributed by atoms with van der Waals surface area (Å²) in [6.07, 6.45) is 11.9. The second-order valence-electron chi connectivity index (χ2n) is 6.47. The number of amides is 1. The molecule has 8 heteroatoms. The summed E-state index contributed by atoms with van der Waals surface area (Å²) in [5, 5.41) is 7.08. The number of aliphatic imine (C=N–C) groups is 1. The molecule has 0 atom stereocenters. The van der Waals surface area contributed by atoms with E-state index < -0.39 is 0 Å². The van der Waals surface area contributed by atoms with Crippen molar-refractivity contribution in [2.24, 2.45) is 10.9 Å². The average Bonchev–Trinajstić information content (AvgIpc) is 3.18. The van der Waals surface area contributed by atoms with E-state index in [2.05, 4.69) is 25.6 Å². The summed E-state index contributed by atoms with van der Waals surface area (Å²) in [7, 11) is 0. The number of halogens is 2. The van der Waals surface area contributed by atoms with Crippen molar-refractivity contribution in [3.8, 4) is 0 Å². The van der Waals surface area contributed by atoms with Crippen LogP contribution in [0.25, 0.3) is 17.1 Å². The van der Waals surface area contributed by atoms with Gasteiger partial charge in [0.05, 0.1) is 0 Å². The molecular weight excluding hydrogens is 373 g/mol. The predicted octanol–water partition coefficient (Wildman–Crippen LogP) is 3.40. The standard InChI is InChI=1S/C18H21N5O.2ClH/c24-17-15(9-13-11-20-16-14(13)7-4-8-19-16)22-18(23-17)21-10-12-5-2-1-3-6-12;;/h4,7-9,11-12H,1-3,5-6,10H2,(H,19,20)(H2,21,22,23,24);2*1H/b15-9-;;. The predicted molar refractivity (Wildman–Crippen MR) is 109 cm³/mol. The number of rotatable bonds is 3. The van der Waals surface area contributed by atoms with Crippen LogP contribution in [-0.2, 0) is 4.79 Å². The second-order valence-corrected chi connectivity index (χ2v) is 6.47. The molecule has 0 bridgehead atoms. The van der Waals surface area contributed by atoms with Crippen molar-refractivity contribution in [1.82, 2.24) is 20.6 Å². The van der Waals surface area contributed by atoms with Gasteiger partial charge in [0.15, 0.2) is 0 Å². The van der Waals surface area contributed by atoms with Crippen molar-refractivity contribution in [2.45, 2.75) is 32.1 Å². The van der Waals surface area contributed by atoms with Gasteiger partial charge in [-0.15, -0.1) is 24.8 Å². The molecule has 0 aromatic carbocycles. The summed E-state index contributed by atoms with van der Waals surface area (Å²) in [5.41, 5.74) is 2.15. The maximum Gasteiger partial charge on any atom is 0.276 e. The van der Waals surface area contributed by atoms with Gasteiger partial charge in [-0.2, -0.15) is 0 Å². The number of hydrogen-bond acceptors (Lipinski definition) is 4. The number of hydrogen-bond donors (Lipinski definition) is 3. The van der Waals surface area contributed by atoms with Gasteiger partial charge in [0.25, 0.3) is 5.91 Å². The monoisotopic (exact) mass is 395 g/mol. The zero-order valence-corrected chi connectivity index (χ0v) is 16.0. The Balaban J connectivity index is 0.00000121. The maximum atomic E-state index is 12.1. The Morgan fingerprint density at radius 2 is 2.04 bits per heavy atom. The third-order valence-corrected chi connectivity index (χ3v) is 4.76. The Kier molecular flexibility index (Phi) is 7.06. The van der Waals surface area contributed by atoms with Crippen molar-refractivity contribution in [2.75, 3.05) is 6.54 Å². The summed E-state index contributed by atoms with van der Waals surface area (Å²) in [4.78, 5) is 23.9. The number of fused-ring (bicyclic) bond motifs is 1. The van der Waals surface area contributed by atoms with E-state index in [0.717, 1.165) is 23.1 Å². The topological polar surface area (TPSA) is 82.2 Å². The highest BCUT2D eigenvalue weighted by Gasteiger charge is 2.21. The van der Waals surface area contributed by atoms with Gasteiger partial charge in [-0.05, 0) is 37.0 Å². The number of pyridine rings is 1. The van der Waals surface area contributed by atoms with Crippen LogP contribution in [-0.4, -0.2) is 28.4 Å². The summed E-state index contributed by atoms with van der Waals surface area (Å²) in [6, 6.07) is 3.86. The summed E-state index contributed by atoms with van der Waals surface area (Å²) >= 11 is 0. The van der Waals surface area contributed by atoms with Crippen molar-refractivity contribution in [3.05, 3.63) is 35.8 Å². The molecular formula is C18H23Cl2N5O. The van der Waals surface area contributed by atoms with Gasteiger partial charge >= 0.3 is 0 Å². The molecule has 3 heterocycles. The maximum absolute atomic E-state index is 12.1. The van der Waals surface area contributed by atoms with Crippen LogP contribution in [0.5, 0.6) is 0 Å². The number of nitrogens with one attached hydrogen (secondary N) is 3. The zero-order chi connectivity index (χ0) is 16.4. The number of carbonyl (C=O) groups excluding carboxylic acids is 1. The summed E-state index contributed by atoms with van der Waals surface area (Å²) in [6.45, 7) is 0.878. The first-order valence-electron chi connectivity index (χ1n) is 8.57. The van der Waals surface area contributed by atoms with E-state index in [9.17, 15) is 4.79 Å². The Labute approximate surface area is 164 Å². The quantitative estimate of drug-likeness (QED) is 0.696. The molecule has 0 saturated heterocycles. The van der Waals surface area contributed by atoms with Crippen LogP contribution < -0.4 is 10.6 Å². The molecule has 0 spiro atoms. The van der Waals surface area contributed by atoms with Crippen molar-refractivity contribution >= 4 is 53.8 Å². The van der Waals surface area contributed by atoms with Crippen LogP contribution >= 0.6 is 24.8 Å². The molecule has 1 fully saturated rings. The van der Waals surface area contributed by atoms with E-state index in [1.165, 1.54) is 32.1 Å². The molecule has 4 rings (SSSR count). The fourth-order valence-electron chi connectivity index (χ4n) is 3.43. The highest BCUT2D eigenvalue weighted by atomic mass is 35.5. The first-order chi connectivity index (χ1) is 11.8. The van der Waals surface area contributed by atoms with Gasteiger partial charge in [-0.3, -0.25) is 10.1 Å². The lowest BCUT2D eigenvalue weighted by Crippen LogP contribution is -2.39. The van der Waals surface area contributed by atoms with Crippen LogP contribution in [0.3, 0.4) is 0 Å². The Morgan fingerprint density at radius 3 is 2.85 bits per heavy atom. The number of aromatic nitrogens is 2. The van der Waals surface area contributed by atoms with E-state index in [1.807, 2.05) is 18.3 Å². The molecule has 2 aromatic rings. The largest absolute Gasteiger partial charge is 0.355 e. The first kappa shape index (κ1) is 20.3. The summed E-state index contributed by atoms with van der Waals surface area (Å²) in [5.74, 6) is 1.08. The van der Waals surface area contributed by atoms with E-state index in [1.54, 1.807) is 12.3 Å².